The number of benzene rings is 2. The molecule has 0 aliphatic carbocycles. The Kier molecular flexibility index (Phi) is 6.44. The first-order chi connectivity index (χ1) is 13.4. The van der Waals surface area contributed by atoms with Gasteiger partial charge in [-0.1, -0.05) is 29.3 Å². The Morgan fingerprint density at radius 3 is 2.43 bits per heavy atom. The summed E-state index contributed by atoms with van der Waals surface area (Å²) in [7, 11) is 1.63. The number of nitrogens with one attached hydrogen (secondary N) is 2. The minimum Gasteiger partial charge on any atom is -0.497 e. The van der Waals surface area contributed by atoms with E-state index in [1.165, 1.54) is 0 Å². The highest BCUT2D eigenvalue weighted by Crippen LogP contribution is 2.25. The van der Waals surface area contributed by atoms with Gasteiger partial charge in [-0.2, -0.15) is 5.10 Å². The van der Waals surface area contributed by atoms with E-state index in [2.05, 4.69) is 15.7 Å². The zero-order valence-electron chi connectivity index (χ0n) is 15.7. The molecule has 0 bridgehead atoms. The molecule has 0 fully saturated rings. The quantitative estimate of drug-likeness (QED) is 0.506. The minimum absolute atomic E-state index is 0.491. The van der Waals surface area contributed by atoms with Crippen LogP contribution >= 0.6 is 35.4 Å². The molecule has 0 radical (unpaired) electrons. The fourth-order valence-corrected chi connectivity index (χ4v) is 3.33. The van der Waals surface area contributed by atoms with E-state index in [4.69, 9.17) is 40.2 Å². The summed E-state index contributed by atoms with van der Waals surface area (Å²) in [6.07, 6.45) is 0. The normalized spacial score (nSPS) is 10.6. The molecule has 146 valence electrons. The van der Waals surface area contributed by atoms with Crippen LogP contribution in [-0.2, 0) is 6.54 Å². The first kappa shape index (κ1) is 20.5. The first-order valence-electron chi connectivity index (χ1n) is 8.57. The summed E-state index contributed by atoms with van der Waals surface area (Å²) >= 11 is 17.6. The lowest BCUT2D eigenvalue weighted by atomic mass is 10.2. The van der Waals surface area contributed by atoms with Crippen LogP contribution < -0.4 is 15.4 Å². The van der Waals surface area contributed by atoms with Crippen molar-refractivity contribution in [1.82, 2.24) is 9.78 Å². The molecule has 0 saturated carbocycles. The van der Waals surface area contributed by atoms with E-state index < -0.39 is 0 Å². The van der Waals surface area contributed by atoms with Crippen LogP contribution in [0.1, 0.15) is 17.0 Å². The van der Waals surface area contributed by atoms with Gasteiger partial charge < -0.3 is 15.4 Å². The summed E-state index contributed by atoms with van der Waals surface area (Å²) < 4.78 is 7.07. The second-order valence-electron chi connectivity index (χ2n) is 6.26. The standard InChI is InChI=1S/C20H20Cl2N4OS/c1-12-19(24-20(28)23-15-5-7-16(27-3)8-6-15)13(2)26(25-12)11-14-4-9-17(21)18(22)10-14/h4-10H,11H2,1-3H3,(H2,23,24,28). The van der Waals surface area contributed by atoms with Gasteiger partial charge in [-0.15, -0.1) is 0 Å². The molecule has 28 heavy (non-hydrogen) atoms. The highest BCUT2D eigenvalue weighted by molar-refractivity contribution is 7.80. The largest absolute Gasteiger partial charge is 0.497 e. The second kappa shape index (κ2) is 8.82. The number of halogens is 2. The maximum atomic E-state index is 6.11. The van der Waals surface area contributed by atoms with Crippen LogP contribution in [0.2, 0.25) is 10.0 Å². The summed E-state index contributed by atoms with van der Waals surface area (Å²) in [4.78, 5) is 0. The molecule has 2 N–H and O–H groups in total. The Labute approximate surface area is 179 Å². The molecular weight excluding hydrogens is 415 g/mol. The van der Waals surface area contributed by atoms with Gasteiger partial charge in [0.1, 0.15) is 5.75 Å². The SMILES string of the molecule is COc1ccc(NC(=S)Nc2c(C)nn(Cc3ccc(Cl)c(Cl)c3)c2C)cc1. The molecule has 0 saturated heterocycles. The van der Waals surface area contributed by atoms with Crippen LogP contribution in [0.15, 0.2) is 42.5 Å². The van der Waals surface area contributed by atoms with E-state index in [1.54, 1.807) is 13.2 Å². The molecular formula is C20H20Cl2N4OS. The molecule has 5 nitrogen and oxygen atoms in total. The van der Waals surface area contributed by atoms with Crippen LogP contribution in [0.25, 0.3) is 0 Å². The third kappa shape index (κ3) is 4.76. The fourth-order valence-electron chi connectivity index (χ4n) is 2.79. The van der Waals surface area contributed by atoms with Crippen LogP contribution in [0.4, 0.5) is 11.4 Å². The van der Waals surface area contributed by atoms with E-state index in [-0.39, 0.29) is 0 Å². The number of ether oxygens (including phenoxy) is 1. The molecule has 1 heterocycles. The Hall–Kier alpha value is -2.28. The molecule has 1 aromatic heterocycles. The highest BCUT2D eigenvalue weighted by Gasteiger charge is 2.13. The van der Waals surface area contributed by atoms with E-state index >= 15 is 0 Å². The van der Waals surface area contributed by atoms with E-state index in [0.29, 0.717) is 21.7 Å². The van der Waals surface area contributed by atoms with Crippen molar-refractivity contribution in [2.24, 2.45) is 0 Å². The van der Waals surface area contributed by atoms with Crippen molar-refractivity contribution in [2.45, 2.75) is 20.4 Å². The Morgan fingerprint density at radius 2 is 1.79 bits per heavy atom. The smallest absolute Gasteiger partial charge is 0.175 e. The molecule has 0 spiro atoms. The van der Waals surface area contributed by atoms with Gasteiger partial charge in [-0.25, -0.2) is 0 Å². The van der Waals surface area contributed by atoms with Gasteiger partial charge in [0.05, 0.1) is 40.8 Å². The molecule has 0 atom stereocenters. The van der Waals surface area contributed by atoms with Gasteiger partial charge in [-0.05, 0) is 68.0 Å². The number of anilines is 2. The minimum atomic E-state index is 0.491. The number of thiocarbonyl (C=S) groups is 1. The van der Waals surface area contributed by atoms with E-state index in [9.17, 15) is 0 Å². The van der Waals surface area contributed by atoms with Crippen LogP contribution in [0.5, 0.6) is 5.75 Å². The van der Waals surface area contributed by atoms with Crippen molar-refractivity contribution in [2.75, 3.05) is 17.7 Å². The molecule has 2 aromatic carbocycles. The number of hydrogen-bond donors (Lipinski definition) is 2. The van der Waals surface area contributed by atoms with Gasteiger partial charge in [0.2, 0.25) is 0 Å². The predicted molar refractivity (Wildman–Crippen MR) is 120 cm³/mol. The molecule has 0 unspecified atom stereocenters. The topological polar surface area (TPSA) is 51.1 Å². The van der Waals surface area contributed by atoms with Gasteiger partial charge in [-0.3, -0.25) is 4.68 Å². The van der Waals surface area contributed by atoms with Gasteiger partial charge >= 0.3 is 0 Å². The molecule has 3 rings (SSSR count). The average molecular weight is 435 g/mol. The lowest BCUT2D eigenvalue weighted by Crippen LogP contribution is -2.20. The van der Waals surface area contributed by atoms with Crippen LogP contribution in [0, 0.1) is 13.8 Å². The van der Waals surface area contributed by atoms with Crippen LogP contribution in [0.3, 0.4) is 0 Å². The zero-order valence-corrected chi connectivity index (χ0v) is 18.0. The maximum absolute atomic E-state index is 6.11. The van der Waals surface area contributed by atoms with Crippen molar-refractivity contribution in [1.29, 1.82) is 0 Å². The Bertz CT molecular complexity index is 1000. The van der Waals surface area contributed by atoms with Crippen molar-refractivity contribution in [3.05, 3.63) is 69.5 Å². The lowest BCUT2D eigenvalue weighted by Gasteiger charge is -2.12. The number of rotatable bonds is 5. The van der Waals surface area contributed by atoms with E-state index in [1.807, 2.05) is 54.9 Å². The summed E-state index contributed by atoms with van der Waals surface area (Å²) in [5, 5.41) is 12.6. The third-order valence-corrected chi connectivity index (χ3v) is 5.23. The number of aryl methyl sites for hydroxylation is 1. The fraction of sp³-hybridized carbons (Fsp3) is 0.200. The predicted octanol–water partition coefficient (Wildman–Crippen LogP) is 5.67. The molecule has 0 aliphatic heterocycles. The monoisotopic (exact) mass is 434 g/mol. The summed E-state index contributed by atoms with van der Waals surface area (Å²) in [5.74, 6) is 0.791. The van der Waals surface area contributed by atoms with E-state index in [0.717, 1.165) is 34.1 Å². The summed E-state index contributed by atoms with van der Waals surface area (Å²) in [5.41, 5.74) is 4.60. The third-order valence-electron chi connectivity index (χ3n) is 4.28. The number of hydrogen-bond acceptors (Lipinski definition) is 3. The Morgan fingerprint density at radius 1 is 1.07 bits per heavy atom. The van der Waals surface area contributed by atoms with Gasteiger partial charge in [0.25, 0.3) is 0 Å². The zero-order chi connectivity index (χ0) is 20.3. The maximum Gasteiger partial charge on any atom is 0.175 e. The van der Waals surface area contributed by atoms with Gasteiger partial charge in [0, 0.05) is 5.69 Å². The number of nitrogens with zero attached hydrogens (tertiary/aromatic N) is 2. The molecule has 8 heteroatoms. The first-order valence-corrected chi connectivity index (χ1v) is 9.74. The Balaban J connectivity index is 1.71. The highest BCUT2D eigenvalue weighted by atomic mass is 35.5. The molecule has 0 amide bonds. The van der Waals surface area contributed by atoms with Crippen molar-refractivity contribution in [3.8, 4) is 5.75 Å². The molecule has 0 aliphatic rings. The van der Waals surface area contributed by atoms with Crippen molar-refractivity contribution < 1.29 is 4.74 Å². The molecule has 3 aromatic rings. The number of methoxy groups -OCH3 is 1. The van der Waals surface area contributed by atoms with Crippen molar-refractivity contribution >= 4 is 51.9 Å². The summed E-state index contributed by atoms with van der Waals surface area (Å²) in [6, 6.07) is 13.1. The summed E-state index contributed by atoms with van der Waals surface area (Å²) in [6.45, 7) is 4.52. The lowest BCUT2D eigenvalue weighted by molar-refractivity contribution is 0.415. The second-order valence-corrected chi connectivity index (χ2v) is 7.48. The van der Waals surface area contributed by atoms with Crippen molar-refractivity contribution in [3.63, 3.8) is 0 Å². The van der Waals surface area contributed by atoms with Crippen LogP contribution in [-0.4, -0.2) is 22.0 Å². The number of aromatic nitrogens is 2. The van der Waals surface area contributed by atoms with Gasteiger partial charge in [0.15, 0.2) is 5.11 Å². The average Bonchev–Trinajstić information content (AvgIpc) is 2.92.